The molecule has 0 bridgehead atoms. The molecular weight excluding hydrogens is 333 g/mol. The van der Waals surface area contributed by atoms with E-state index in [0.717, 1.165) is 5.69 Å². The molecule has 0 spiro atoms. The van der Waals surface area contributed by atoms with E-state index in [-0.39, 0.29) is 5.82 Å². The van der Waals surface area contributed by atoms with E-state index in [1.54, 1.807) is 29.1 Å². The summed E-state index contributed by atoms with van der Waals surface area (Å²) in [6.07, 6.45) is 5.43. The smallest absolute Gasteiger partial charge is 0.377 e. The van der Waals surface area contributed by atoms with Crippen molar-refractivity contribution < 1.29 is 8.96 Å². The fourth-order valence-electron chi connectivity index (χ4n) is 2.75. The van der Waals surface area contributed by atoms with Crippen molar-refractivity contribution >= 4 is 16.9 Å². The molecule has 0 aliphatic carbocycles. The number of imidazole rings is 1. The second-order valence-electron chi connectivity index (χ2n) is 6.11. The monoisotopic (exact) mass is 350 g/mol. The van der Waals surface area contributed by atoms with Gasteiger partial charge in [-0.3, -0.25) is 0 Å². The van der Waals surface area contributed by atoms with Crippen molar-refractivity contribution in [3.05, 3.63) is 66.5 Å². The Balaban J connectivity index is 1.74. The number of aromatic nitrogens is 6. The fourth-order valence-corrected chi connectivity index (χ4v) is 2.75. The molecule has 7 nitrogen and oxygen atoms in total. The minimum Gasteiger partial charge on any atom is -0.377 e. The average Bonchev–Trinajstić information content (AvgIpc) is 3.07. The van der Waals surface area contributed by atoms with E-state index >= 15 is 0 Å². The molecule has 0 saturated carbocycles. The van der Waals surface area contributed by atoms with Crippen molar-refractivity contribution in [2.75, 3.05) is 19.0 Å². The molecule has 0 amide bonds. The zero-order valence-electron chi connectivity index (χ0n) is 14.4. The molecule has 0 aliphatic heterocycles. The fraction of sp³-hybridized carbons (Fsp3) is 0.167. The summed E-state index contributed by atoms with van der Waals surface area (Å²) in [5, 5.41) is 12.1. The number of benzene rings is 1. The average molecular weight is 350 g/mol. The lowest BCUT2D eigenvalue weighted by Gasteiger charge is -2.10. The number of anilines is 1. The second-order valence-corrected chi connectivity index (χ2v) is 6.11. The molecule has 0 aliphatic rings. The lowest BCUT2D eigenvalue weighted by Crippen LogP contribution is -2.32. The van der Waals surface area contributed by atoms with E-state index in [1.165, 1.54) is 6.07 Å². The van der Waals surface area contributed by atoms with Crippen LogP contribution in [0.15, 0.2) is 55.1 Å². The van der Waals surface area contributed by atoms with Crippen molar-refractivity contribution in [3.63, 3.8) is 0 Å². The van der Waals surface area contributed by atoms with Gasteiger partial charge in [-0.1, -0.05) is 23.3 Å². The highest BCUT2D eigenvalue weighted by molar-refractivity contribution is 5.75. The van der Waals surface area contributed by atoms with Gasteiger partial charge in [-0.25, -0.2) is 9.37 Å². The van der Waals surface area contributed by atoms with Gasteiger partial charge in [0.2, 0.25) is 5.52 Å². The van der Waals surface area contributed by atoms with Crippen LogP contribution in [0.5, 0.6) is 0 Å². The molecule has 3 aromatic heterocycles. The van der Waals surface area contributed by atoms with Crippen LogP contribution in [-0.2, 0) is 6.54 Å². The molecule has 4 rings (SSSR count). The minimum atomic E-state index is -0.259. The Labute approximate surface area is 149 Å². The summed E-state index contributed by atoms with van der Waals surface area (Å²) in [4.78, 5) is 6.44. The number of fused-ring (bicyclic) bond motifs is 1. The van der Waals surface area contributed by atoms with Crippen molar-refractivity contribution in [3.8, 4) is 5.82 Å². The third kappa shape index (κ3) is 2.85. The molecule has 0 radical (unpaired) electrons. The normalized spacial score (nSPS) is 11.0. The standard InChI is InChI=1S/C18H17FN7/c1-24(2)14-7-9-25(10-8-14)17-16-18(22-23-21-17)26(12-20-16)11-13-5-3-4-6-15(13)19/h3-10,12H,11H2,1-2H3/q+1. The van der Waals surface area contributed by atoms with Crippen molar-refractivity contribution in [1.29, 1.82) is 0 Å². The molecular formula is C18H17FN7+. The van der Waals surface area contributed by atoms with E-state index in [1.807, 2.05) is 48.1 Å². The van der Waals surface area contributed by atoms with Crippen molar-refractivity contribution in [2.45, 2.75) is 6.54 Å². The van der Waals surface area contributed by atoms with Gasteiger partial charge >= 0.3 is 5.82 Å². The number of hydrogen-bond acceptors (Lipinski definition) is 5. The first-order valence-electron chi connectivity index (χ1n) is 8.10. The summed E-state index contributed by atoms with van der Waals surface area (Å²) in [5.41, 5.74) is 2.81. The first kappa shape index (κ1) is 16.1. The van der Waals surface area contributed by atoms with E-state index in [0.29, 0.717) is 29.1 Å². The van der Waals surface area contributed by atoms with Crippen LogP contribution in [-0.4, -0.2) is 39.1 Å². The SMILES string of the molecule is CN(C)c1cc[n+](-c2nnnc3c2ncn3Cc2ccccc2F)cc1. The summed E-state index contributed by atoms with van der Waals surface area (Å²) >= 11 is 0. The van der Waals surface area contributed by atoms with Gasteiger partial charge in [-0.05, 0) is 6.07 Å². The van der Waals surface area contributed by atoms with Crippen LogP contribution in [0.4, 0.5) is 10.1 Å². The van der Waals surface area contributed by atoms with Crippen LogP contribution in [0.25, 0.3) is 17.0 Å². The maximum atomic E-state index is 13.9. The highest BCUT2D eigenvalue weighted by atomic mass is 19.1. The van der Waals surface area contributed by atoms with Gasteiger partial charge < -0.3 is 9.47 Å². The molecule has 3 heterocycles. The lowest BCUT2D eigenvalue weighted by atomic mass is 10.2. The van der Waals surface area contributed by atoms with Crippen LogP contribution < -0.4 is 9.47 Å². The zero-order valence-corrected chi connectivity index (χ0v) is 14.4. The second kappa shape index (κ2) is 6.47. The number of rotatable bonds is 4. The van der Waals surface area contributed by atoms with Gasteiger partial charge in [0.15, 0.2) is 5.65 Å². The Bertz CT molecular complexity index is 1060. The summed E-state index contributed by atoms with van der Waals surface area (Å²) in [7, 11) is 3.96. The topological polar surface area (TPSA) is 63.6 Å². The van der Waals surface area contributed by atoms with Gasteiger partial charge in [-0.15, -0.1) is 0 Å². The molecule has 0 atom stereocenters. The first-order chi connectivity index (χ1) is 12.6. The van der Waals surface area contributed by atoms with E-state index in [4.69, 9.17) is 0 Å². The predicted molar refractivity (Wildman–Crippen MR) is 94.5 cm³/mol. The van der Waals surface area contributed by atoms with Crippen LogP contribution in [0, 0.1) is 5.82 Å². The van der Waals surface area contributed by atoms with Crippen molar-refractivity contribution in [2.24, 2.45) is 0 Å². The van der Waals surface area contributed by atoms with Gasteiger partial charge in [0.1, 0.15) is 10.9 Å². The quantitative estimate of drug-likeness (QED) is 0.525. The summed E-state index contributed by atoms with van der Waals surface area (Å²) < 4.78 is 17.5. The molecule has 1 aromatic carbocycles. The summed E-state index contributed by atoms with van der Waals surface area (Å²) in [6, 6.07) is 10.6. The minimum absolute atomic E-state index is 0.259. The number of pyridine rings is 1. The Hall–Kier alpha value is -3.42. The third-order valence-electron chi connectivity index (χ3n) is 4.17. The van der Waals surface area contributed by atoms with Crippen LogP contribution in [0.2, 0.25) is 0 Å². The number of nitrogens with zero attached hydrogens (tertiary/aromatic N) is 7. The Morgan fingerprint density at radius 3 is 2.58 bits per heavy atom. The Morgan fingerprint density at radius 2 is 1.85 bits per heavy atom. The number of halogens is 1. The largest absolute Gasteiger partial charge is 0.386 e. The third-order valence-corrected chi connectivity index (χ3v) is 4.17. The Kier molecular flexibility index (Phi) is 4.00. The zero-order chi connectivity index (χ0) is 18.1. The van der Waals surface area contributed by atoms with Gasteiger partial charge in [0.25, 0.3) is 0 Å². The summed E-state index contributed by atoms with van der Waals surface area (Å²) in [5.74, 6) is 0.317. The van der Waals surface area contributed by atoms with E-state index in [2.05, 4.69) is 20.4 Å². The lowest BCUT2D eigenvalue weighted by molar-refractivity contribution is -0.598. The van der Waals surface area contributed by atoms with Crippen LogP contribution in [0.3, 0.4) is 0 Å². The van der Waals surface area contributed by atoms with Gasteiger partial charge in [0.05, 0.1) is 30.5 Å². The highest BCUT2D eigenvalue weighted by Gasteiger charge is 2.20. The summed E-state index contributed by atoms with van der Waals surface area (Å²) in [6.45, 7) is 0.325. The predicted octanol–water partition coefficient (Wildman–Crippen LogP) is 1.75. The molecule has 0 saturated heterocycles. The molecule has 8 heteroatoms. The van der Waals surface area contributed by atoms with E-state index in [9.17, 15) is 4.39 Å². The first-order valence-corrected chi connectivity index (χ1v) is 8.10. The van der Waals surface area contributed by atoms with Crippen LogP contribution >= 0.6 is 0 Å². The molecule has 4 aromatic rings. The van der Waals surface area contributed by atoms with Crippen LogP contribution in [0.1, 0.15) is 5.56 Å². The molecule has 0 fully saturated rings. The maximum Gasteiger partial charge on any atom is 0.386 e. The molecule has 130 valence electrons. The molecule has 0 unspecified atom stereocenters. The molecule has 26 heavy (non-hydrogen) atoms. The maximum absolute atomic E-state index is 13.9. The van der Waals surface area contributed by atoms with Gasteiger partial charge in [0, 0.05) is 37.5 Å². The highest BCUT2D eigenvalue weighted by Crippen LogP contribution is 2.16. The van der Waals surface area contributed by atoms with Gasteiger partial charge in [-0.2, -0.15) is 4.57 Å². The molecule has 0 N–H and O–H groups in total. The van der Waals surface area contributed by atoms with E-state index < -0.39 is 0 Å². The Morgan fingerprint density at radius 1 is 1.08 bits per heavy atom. The van der Waals surface area contributed by atoms with Crippen molar-refractivity contribution in [1.82, 2.24) is 25.0 Å². The number of hydrogen-bond donors (Lipinski definition) is 0.